The number of nitrogen functional groups attached to an aromatic ring is 1. The molecule has 0 heterocycles. The van der Waals surface area contributed by atoms with Gasteiger partial charge in [0.15, 0.2) is 0 Å². The Labute approximate surface area is 325 Å². The molecule has 240 valence electrons. The van der Waals surface area contributed by atoms with Crippen LogP contribution >= 0.6 is 0 Å². The van der Waals surface area contributed by atoms with Crippen molar-refractivity contribution in [1.82, 2.24) is 0 Å². The van der Waals surface area contributed by atoms with Gasteiger partial charge in [-0.25, -0.2) is 8.42 Å². The molecule has 0 aliphatic rings. The second-order valence-electron chi connectivity index (χ2n) is 10.3. The van der Waals surface area contributed by atoms with Crippen LogP contribution in [-0.2, 0) is 20.2 Å². The Morgan fingerprint density at radius 1 is 0.796 bits per heavy atom. The number of benzene rings is 5. The first-order valence-corrected chi connectivity index (χ1v) is 16.4. The molecule has 0 aliphatic carbocycles. The van der Waals surface area contributed by atoms with Crippen molar-refractivity contribution in [3.8, 4) is 5.75 Å². The van der Waals surface area contributed by atoms with Crippen LogP contribution in [0.15, 0.2) is 115 Å². The largest absolute Gasteiger partial charge is 1.00 e. The molecule has 0 saturated heterocycles. The van der Waals surface area contributed by atoms with E-state index in [1.807, 2.05) is 0 Å². The molecule has 5 rings (SSSR count). The molecule has 5 aromatic carbocycles. The van der Waals surface area contributed by atoms with Gasteiger partial charge < -0.3 is 20.7 Å². The fraction of sp³-hybridized carbons (Fsp3) is 0.0645. The zero-order valence-electron chi connectivity index (χ0n) is 26.6. The molecule has 5 aromatic rings. The Morgan fingerprint density at radius 3 is 2.06 bits per heavy atom. The van der Waals surface area contributed by atoms with Gasteiger partial charge in [0, 0.05) is 16.9 Å². The normalized spacial score (nSPS) is 11.8. The molecule has 0 aliphatic heterocycles. The van der Waals surface area contributed by atoms with Crippen LogP contribution in [0.5, 0.6) is 5.75 Å². The Morgan fingerprint density at radius 2 is 1.45 bits per heavy atom. The standard InChI is InChI=1S/C31H26N6O8S2.2Na/c1-17-12-23(34-35-27-11-8-24(13-18(27)2)46(40,41)42)7-10-26(17)36-37-29-28(47(43,44)45)16-20-15-22(6-9-25(20)30(29)38)33-31(39)19-4-3-5-21(32)14-19;;/h3-16,38H,32H2,1-2H3,(H,33,39)(H,40,41,42)(H,43,44,45);;/q;2*+1/p-2. The number of carbonyl (C=O) groups excluding carboxylic acids is 1. The van der Waals surface area contributed by atoms with Gasteiger partial charge in [-0.1, -0.05) is 17.9 Å². The first kappa shape index (κ1) is 39.9. The van der Waals surface area contributed by atoms with Crippen molar-refractivity contribution in [1.29, 1.82) is 0 Å². The molecule has 0 atom stereocenters. The Kier molecular flexibility index (Phi) is 13.0. The average molecular weight is 719 g/mol. The van der Waals surface area contributed by atoms with E-state index in [2.05, 4.69) is 25.8 Å². The summed E-state index contributed by atoms with van der Waals surface area (Å²) in [5, 5.41) is 32.4. The third-order valence-electron chi connectivity index (χ3n) is 6.88. The molecule has 18 heteroatoms. The monoisotopic (exact) mass is 718 g/mol. The summed E-state index contributed by atoms with van der Waals surface area (Å²) >= 11 is 0. The summed E-state index contributed by atoms with van der Waals surface area (Å²) in [7, 11) is -9.54. The minimum absolute atomic E-state index is 0. The van der Waals surface area contributed by atoms with E-state index in [4.69, 9.17) is 5.73 Å². The van der Waals surface area contributed by atoms with Gasteiger partial charge in [-0.3, -0.25) is 9.35 Å². The van der Waals surface area contributed by atoms with Gasteiger partial charge in [0.25, 0.3) is 16.0 Å². The number of hydrogen-bond donors (Lipinski definition) is 3. The minimum atomic E-state index is -4.93. The summed E-state index contributed by atoms with van der Waals surface area (Å²) in [5.41, 5.74) is 7.99. The van der Waals surface area contributed by atoms with E-state index in [-0.39, 0.29) is 91.7 Å². The number of nitrogens with two attached hydrogens (primary N) is 1. The predicted molar refractivity (Wildman–Crippen MR) is 171 cm³/mol. The van der Waals surface area contributed by atoms with Crippen LogP contribution in [0, 0.1) is 13.8 Å². The maximum Gasteiger partial charge on any atom is 1.00 e. The van der Waals surface area contributed by atoms with E-state index in [1.54, 1.807) is 38.1 Å². The van der Waals surface area contributed by atoms with Crippen molar-refractivity contribution >= 4 is 71.0 Å². The number of rotatable bonds is 8. The zero-order chi connectivity index (χ0) is 34.1. The second-order valence-corrected chi connectivity index (χ2v) is 13.1. The van der Waals surface area contributed by atoms with Gasteiger partial charge in [0.05, 0.1) is 27.6 Å². The molecule has 14 nitrogen and oxygen atoms in total. The van der Waals surface area contributed by atoms with Crippen LogP contribution in [0.2, 0.25) is 0 Å². The summed E-state index contributed by atoms with van der Waals surface area (Å²) < 4.78 is 68.2. The number of carbonyl (C=O) groups is 1. The number of hydrogen-bond acceptors (Lipinski definition) is 12. The van der Waals surface area contributed by atoms with Crippen LogP contribution in [0.25, 0.3) is 10.8 Å². The van der Waals surface area contributed by atoms with Crippen molar-refractivity contribution in [3.63, 3.8) is 0 Å². The van der Waals surface area contributed by atoms with Crippen molar-refractivity contribution in [2.75, 3.05) is 11.1 Å². The molecule has 0 unspecified atom stereocenters. The molecule has 0 spiro atoms. The van der Waals surface area contributed by atoms with Crippen molar-refractivity contribution in [2.24, 2.45) is 20.5 Å². The quantitative estimate of drug-likeness (QED) is 0.0867. The van der Waals surface area contributed by atoms with Gasteiger partial charge in [-0.15, -0.1) is 5.11 Å². The van der Waals surface area contributed by atoms with Gasteiger partial charge in [-0.05, 0) is 109 Å². The number of nitrogens with zero attached hydrogens (tertiary/aromatic N) is 4. The topological polar surface area (TPSA) is 239 Å². The molecule has 1 amide bonds. The minimum Gasteiger partial charge on any atom is -0.871 e. The van der Waals surface area contributed by atoms with E-state index in [0.717, 1.165) is 12.1 Å². The van der Waals surface area contributed by atoms with Crippen LogP contribution in [0.3, 0.4) is 0 Å². The Bertz CT molecular complexity index is 2370. The number of anilines is 2. The van der Waals surface area contributed by atoms with Crippen molar-refractivity contribution in [3.05, 3.63) is 102 Å². The van der Waals surface area contributed by atoms with Gasteiger partial charge in [0.2, 0.25) is 0 Å². The van der Waals surface area contributed by atoms with Crippen molar-refractivity contribution in [2.45, 2.75) is 23.6 Å². The average Bonchev–Trinajstić information content (AvgIpc) is 2.99. The Balaban J connectivity index is 0.00000325. The second kappa shape index (κ2) is 16.0. The predicted octanol–water partition coefficient (Wildman–Crippen LogP) is 0.354. The first-order chi connectivity index (χ1) is 22.1. The molecule has 0 bridgehead atoms. The van der Waals surface area contributed by atoms with Crippen LogP contribution in [-0.4, -0.2) is 31.8 Å². The number of amides is 1. The Hall–Kier alpha value is -3.55. The maximum atomic E-state index is 13.4. The van der Waals surface area contributed by atoms with Crippen LogP contribution in [0.1, 0.15) is 21.5 Å². The molecule has 0 fully saturated rings. The molecule has 0 radical (unpaired) electrons. The van der Waals surface area contributed by atoms with Crippen molar-refractivity contribution < 1.29 is 95.0 Å². The van der Waals surface area contributed by atoms with E-state index in [1.165, 1.54) is 48.5 Å². The molecule has 0 aromatic heterocycles. The smallest absolute Gasteiger partial charge is 0.871 e. The number of fused-ring (bicyclic) bond motifs is 1. The van der Waals surface area contributed by atoms with E-state index in [0.29, 0.717) is 28.2 Å². The summed E-state index contributed by atoms with van der Waals surface area (Å²) in [6, 6.07) is 19.9. The van der Waals surface area contributed by atoms with E-state index in [9.17, 15) is 35.8 Å². The van der Waals surface area contributed by atoms with E-state index < -0.39 is 42.5 Å². The van der Waals surface area contributed by atoms with Crippen LogP contribution in [0.4, 0.5) is 34.1 Å². The van der Waals surface area contributed by atoms with Gasteiger partial charge >= 0.3 is 59.1 Å². The summed E-state index contributed by atoms with van der Waals surface area (Å²) in [4.78, 5) is 11.5. The first-order valence-electron chi connectivity index (χ1n) is 13.5. The molecule has 0 saturated carbocycles. The summed E-state index contributed by atoms with van der Waals surface area (Å²) in [5.74, 6) is -1.30. The molecule has 49 heavy (non-hydrogen) atoms. The maximum absolute atomic E-state index is 13.4. The van der Waals surface area contributed by atoms with Gasteiger partial charge in [0.1, 0.15) is 15.0 Å². The third kappa shape index (κ3) is 9.58. The summed E-state index contributed by atoms with van der Waals surface area (Å²) in [6.45, 7) is 3.24. The number of aryl methyl sites for hydroxylation is 2. The fourth-order valence-electron chi connectivity index (χ4n) is 4.52. The van der Waals surface area contributed by atoms with E-state index >= 15 is 0 Å². The molecular weight excluding hydrogens is 694 g/mol. The fourth-order valence-corrected chi connectivity index (χ4v) is 5.72. The van der Waals surface area contributed by atoms with Gasteiger partial charge in [-0.2, -0.15) is 23.8 Å². The summed E-state index contributed by atoms with van der Waals surface area (Å²) in [6.07, 6.45) is 0. The zero-order valence-corrected chi connectivity index (χ0v) is 32.2. The number of nitrogens with one attached hydrogen (secondary N) is 1. The number of azo groups is 2. The SMILES string of the molecule is Cc1cc(S(=O)(=O)[O-])ccc1N=Nc1ccc(N=Nc2c(S(=O)(=O)O)cc3cc(NC(=O)c4cccc(N)c4)ccc3c2[O-])c(C)c1.[Na+].[Na+]. The third-order valence-corrected chi connectivity index (χ3v) is 8.58. The molecule has 4 N–H and O–H groups in total. The molecular formula is C31H24N6Na2O8S2. The van der Waals surface area contributed by atoms with Crippen LogP contribution < -0.4 is 75.3 Å².